The van der Waals surface area contributed by atoms with E-state index in [9.17, 15) is 9.59 Å². The summed E-state index contributed by atoms with van der Waals surface area (Å²) in [5, 5.41) is 2.85. The molecule has 30 heavy (non-hydrogen) atoms. The maximum atomic E-state index is 13.2. The number of nitrogens with zero attached hydrogens (tertiary/aromatic N) is 1. The van der Waals surface area contributed by atoms with Crippen LogP contribution in [0.2, 0.25) is 0 Å². The quantitative estimate of drug-likeness (QED) is 0.630. The van der Waals surface area contributed by atoms with Crippen molar-refractivity contribution in [1.29, 1.82) is 0 Å². The summed E-state index contributed by atoms with van der Waals surface area (Å²) in [5.74, 6) is 0.663. The maximum absolute atomic E-state index is 13.2. The Morgan fingerprint density at radius 1 is 1.03 bits per heavy atom. The number of hydrogen-bond acceptors (Lipinski definition) is 3. The van der Waals surface area contributed by atoms with Crippen LogP contribution in [0.1, 0.15) is 56.7 Å². The molecule has 0 bridgehead atoms. The lowest BCUT2D eigenvalue weighted by Crippen LogP contribution is -2.50. The standard InChI is InChI=1S/C25H34N2O3/c1-6-22(25(29)26-7-2)27(16-20-14-12-19(5)13-15-20)24(28)17-30-23-11-9-8-10-21(23)18(3)4/h8-15,18,22H,6-7,16-17H2,1-5H3,(H,26,29). The summed E-state index contributed by atoms with van der Waals surface area (Å²) in [6, 6.07) is 15.2. The Balaban J connectivity index is 2.22. The van der Waals surface area contributed by atoms with Crippen LogP contribution in [-0.2, 0) is 16.1 Å². The molecule has 5 nitrogen and oxygen atoms in total. The molecule has 0 aromatic heterocycles. The molecule has 2 aromatic carbocycles. The van der Waals surface area contributed by atoms with Crippen LogP contribution in [0.5, 0.6) is 5.75 Å². The molecule has 0 saturated carbocycles. The van der Waals surface area contributed by atoms with Crippen molar-refractivity contribution in [2.75, 3.05) is 13.2 Å². The van der Waals surface area contributed by atoms with Gasteiger partial charge in [-0.25, -0.2) is 0 Å². The molecule has 2 aromatic rings. The second-order valence-electron chi connectivity index (χ2n) is 7.81. The lowest BCUT2D eigenvalue weighted by molar-refractivity contribution is -0.142. The fraction of sp³-hybridized carbons (Fsp3) is 0.440. The van der Waals surface area contributed by atoms with E-state index in [-0.39, 0.29) is 18.4 Å². The summed E-state index contributed by atoms with van der Waals surface area (Å²) in [5.41, 5.74) is 3.20. The molecule has 0 aliphatic heterocycles. The molecule has 1 unspecified atom stereocenters. The van der Waals surface area contributed by atoms with Crippen LogP contribution < -0.4 is 10.1 Å². The number of benzene rings is 2. The number of ether oxygens (including phenoxy) is 1. The van der Waals surface area contributed by atoms with Crippen molar-refractivity contribution in [3.05, 3.63) is 65.2 Å². The molecule has 0 radical (unpaired) electrons. The highest BCUT2D eigenvalue weighted by atomic mass is 16.5. The SMILES string of the molecule is CCNC(=O)C(CC)N(Cc1ccc(C)cc1)C(=O)COc1ccccc1C(C)C. The van der Waals surface area contributed by atoms with E-state index < -0.39 is 6.04 Å². The van der Waals surface area contributed by atoms with Gasteiger partial charge in [-0.15, -0.1) is 0 Å². The Kier molecular flexibility index (Phi) is 8.90. The summed E-state index contributed by atoms with van der Waals surface area (Å²) in [6.07, 6.45) is 0.534. The zero-order valence-electron chi connectivity index (χ0n) is 18.8. The average Bonchev–Trinajstić information content (AvgIpc) is 2.73. The highest BCUT2D eigenvalue weighted by molar-refractivity contribution is 5.88. The van der Waals surface area contributed by atoms with Crippen LogP contribution in [0, 0.1) is 6.92 Å². The van der Waals surface area contributed by atoms with Crippen LogP contribution >= 0.6 is 0 Å². The topological polar surface area (TPSA) is 58.6 Å². The van der Waals surface area contributed by atoms with Gasteiger partial charge in [0.05, 0.1) is 0 Å². The van der Waals surface area contributed by atoms with Crippen LogP contribution in [0.25, 0.3) is 0 Å². The average molecular weight is 411 g/mol. The molecule has 2 amide bonds. The first-order valence-electron chi connectivity index (χ1n) is 10.7. The van der Waals surface area contributed by atoms with E-state index in [1.807, 2.05) is 69.3 Å². The smallest absolute Gasteiger partial charge is 0.261 e. The molecular weight excluding hydrogens is 376 g/mol. The summed E-state index contributed by atoms with van der Waals surface area (Å²) < 4.78 is 5.91. The third-order valence-corrected chi connectivity index (χ3v) is 5.10. The van der Waals surface area contributed by atoms with E-state index in [0.29, 0.717) is 31.2 Å². The van der Waals surface area contributed by atoms with Crippen molar-refractivity contribution in [3.8, 4) is 5.75 Å². The van der Waals surface area contributed by atoms with Gasteiger partial charge >= 0.3 is 0 Å². The van der Waals surface area contributed by atoms with Gasteiger partial charge in [-0.05, 0) is 43.4 Å². The number of carbonyl (C=O) groups excluding carboxylic acids is 2. The molecular formula is C25H34N2O3. The number of para-hydroxylation sites is 1. The molecule has 1 atom stereocenters. The van der Waals surface area contributed by atoms with Gasteiger partial charge in [0, 0.05) is 13.1 Å². The molecule has 5 heteroatoms. The van der Waals surface area contributed by atoms with Gasteiger partial charge in [0.25, 0.3) is 5.91 Å². The van der Waals surface area contributed by atoms with Crippen molar-refractivity contribution in [2.24, 2.45) is 0 Å². The van der Waals surface area contributed by atoms with Crippen molar-refractivity contribution in [1.82, 2.24) is 10.2 Å². The lowest BCUT2D eigenvalue weighted by Gasteiger charge is -2.30. The largest absolute Gasteiger partial charge is 0.483 e. The van der Waals surface area contributed by atoms with Gasteiger partial charge in [-0.2, -0.15) is 0 Å². The Morgan fingerprint density at radius 2 is 1.70 bits per heavy atom. The fourth-order valence-electron chi connectivity index (χ4n) is 3.41. The molecule has 0 fully saturated rings. The molecule has 0 aliphatic carbocycles. The van der Waals surface area contributed by atoms with Gasteiger partial charge in [0.1, 0.15) is 11.8 Å². The number of rotatable bonds is 10. The zero-order chi connectivity index (χ0) is 22.1. The van der Waals surface area contributed by atoms with Crippen molar-refractivity contribution in [3.63, 3.8) is 0 Å². The lowest BCUT2D eigenvalue weighted by atomic mass is 10.0. The van der Waals surface area contributed by atoms with Crippen LogP contribution in [0.4, 0.5) is 0 Å². The van der Waals surface area contributed by atoms with Crippen molar-refractivity contribution < 1.29 is 14.3 Å². The first-order chi connectivity index (χ1) is 14.4. The van der Waals surface area contributed by atoms with E-state index >= 15 is 0 Å². The number of hydrogen-bond donors (Lipinski definition) is 1. The summed E-state index contributed by atoms with van der Waals surface area (Å²) in [6.45, 7) is 10.8. The number of nitrogens with one attached hydrogen (secondary N) is 1. The Bertz CT molecular complexity index is 831. The third kappa shape index (κ3) is 6.34. The molecule has 0 spiro atoms. The molecule has 0 saturated heterocycles. The van der Waals surface area contributed by atoms with Crippen molar-refractivity contribution >= 4 is 11.8 Å². The predicted octanol–water partition coefficient (Wildman–Crippen LogP) is 4.44. The Labute approximate surface area is 180 Å². The number of likely N-dealkylation sites (N-methyl/N-ethyl adjacent to an activating group) is 1. The summed E-state index contributed by atoms with van der Waals surface area (Å²) in [4.78, 5) is 27.5. The van der Waals surface area contributed by atoms with Crippen LogP contribution in [-0.4, -0.2) is 35.9 Å². The van der Waals surface area contributed by atoms with Gasteiger partial charge < -0.3 is 15.0 Å². The molecule has 1 N–H and O–H groups in total. The molecule has 0 aliphatic rings. The highest BCUT2D eigenvalue weighted by Gasteiger charge is 2.28. The number of carbonyl (C=O) groups is 2. The van der Waals surface area contributed by atoms with Gasteiger partial charge in [0.15, 0.2) is 6.61 Å². The summed E-state index contributed by atoms with van der Waals surface area (Å²) >= 11 is 0. The van der Waals surface area contributed by atoms with E-state index in [1.54, 1.807) is 4.90 Å². The Morgan fingerprint density at radius 3 is 2.30 bits per heavy atom. The zero-order valence-corrected chi connectivity index (χ0v) is 18.8. The monoisotopic (exact) mass is 410 g/mol. The van der Waals surface area contributed by atoms with Gasteiger partial charge in [-0.3, -0.25) is 9.59 Å². The predicted molar refractivity (Wildman–Crippen MR) is 121 cm³/mol. The third-order valence-electron chi connectivity index (χ3n) is 5.10. The second kappa shape index (κ2) is 11.4. The van der Waals surface area contributed by atoms with E-state index in [4.69, 9.17) is 4.74 Å². The number of aryl methyl sites for hydroxylation is 1. The maximum Gasteiger partial charge on any atom is 0.261 e. The highest BCUT2D eigenvalue weighted by Crippen LogP contribution is 2.26. The van der Waals surface area contributed by atoms with Crippen LogP contribution in [0.15, 0.2) is 48.5 Å². The van der Waals surface area contributed by atoms with E-state index in [2.05, 4.69) is 19.2 Å². The minimum absolute atomic E-state index is 0.106. The van der Waals surface area contributed by atoms with Crippen molar-refractivity contribution in [2.45, 2.75) is 59.5 Å². The first-order valence-corrected chi connectivity index (χ1v) is 10.7. The molecule has 162 valence electrons. The number of amides is 2. The normalized spacial score (nSPS) is 11.8. The van der Waals surface area contributed by atoms with Gasteiger partial charge in [0.2, 0.25) is 5.91 Å². The minimum Gasteiger partial charge on any atom is -0.483 e. The minimum atomic E-state index is -0.539. The molecule has 2 rings (SSSR count). The second-order valence-corrected chi connectivity index (χ2v) is 7.81. The van der Waals surface area contributed by atoms with E-state index in [1.165, 1.54) is 0 Å². The fourth-order valence-corrected chi connectivity index (χ4v) is 3.41. The van der Waals surface area contributed by atoms with Gasteiger partial charge in [-0.1, -0.05) is 68.8 Å². The molecule has 0 heterocycles. The first kappa shape index (κ1) is 23.5. The van der Waals surface area contributed by atoms with Crippen LogP contribution in [0.3, 0.4) is 0 Å². The summed E-state index contributed by atoms with van der Waals surface area (Å²) in [7, 11) is 0. The Hall–Kier alpha value is -2.82. The van der Waals surface area contributed by atoms with E-state index in [0.717, 1.165) is 16.7 Å².